The molecule has 11 heteroatoms. The maximum Gasteiger partial charge on any atom is 0.413 e. The average Bonchev–Trinajstić information content (AvgIpc) is 2.54. The minimum absolute atomic E-state index is 0.0596. The Labute approximate surface area is 143 Å². The van der Waals surface area contributed by atoms with E-state index in [2.05, 4.69) is 9.46 Å². The maximum absolute atomic E-state index is 12.1. The number of hydrogen-bond acceptors (Lipinski definition) is 7. The number of imide groups is 1. The third-order valence-electron chi connectivity index (χ3n) is 2.80. The minimum Gasteiger partial charge on any atom is -0.453 e. The normalized spacial score (nSPS) is 12.2. The predicted octanol–water partition coefficient (Wildman–Crippen LogP) is 0.676. The fourth-order valence-corrected chi connectivity index (χ4v) is 2.43. The van der Waals surface area contributed by atoms with Crippen LogP contribution in [0.1, 0.15) is 17.3 Å². The topological polar surface area (TPSA) is 128 Å². The zero-order chi connectivity index (χ0) is 18.5. The van der Waals surface area contributed by atoms with E-state index >= 15 is 0 Å². The van der Waals surface area contributed by atoms with Crippen molar-refractivity contribution >= 4 is 39.6 Å². The number of methoxy groups -OCH3 is 1. The van der Waals surface area contributed by atoms with Crippen molar-refractivity contribution in [1.29, 1.82) is 0 Å². The number of benzene rings is 1. The van der Waals surface area contributed by atoms with E-state index in [9.17, 15) is 22.8 Å². The van der Waals surface area contributed by atoms with E-state index in [-0.39, 0.29) is 15.5 Å². The molecular formula is C13H15ClN2O7S. The third kappa shape index (κ3) is 4.91. The summed E-state index contributed by atoms with van der Waals surface area (Å²) in [7, 11) is -1.52. The molecule has 132 valence electrons. The van der Waals surface area contributed by atoms with E-state index < -0.39 is 34.1 Å². The summed E-state index contributed by atoms with van der Waals surface area (Å²) in [5.41, 5.74) is -0.245. The highest BCUT2D eigenvalue weighted by Crippen LogP contribution is 2.21. The largest absolute Gasteiger partial charge is 0.453 e. The van der Waals surface area contributed by atoms with E-state index in [4.69, 9.17) is 16.3 Å². The van der Waals surface area contributed by atoms with Crippen LogP contribution in [0.25, 0.3) is 0 Å². The number of nitrogens with one attached hydrogen (secondary N) is 2. The van der Waals surface area contributed by atoms with Gasteiger partial charge in [0.15, 0.2) is 6.10 Å². The van der Waals surface area contributed by atoms with Crippen LogP contribution in [0.5, 0.6) is 0 Å². The summed E-state index contributed by atoms with van der Waals surface area (Å²) in [6, 6.07) is 3.43. The number of rotatable bonds is 5. The van der Waals surface area contributed by atoms with Gasteiger partial charge in [0.05, 0.1) is 22.6 Å². The van der Waals surface area contributed by atoms with Crippen molar-refractivity contribution in [2.45, 2.75) is 17.9 Å². The fraction of sp³-hybridized carbons (Fsp3) is 0.308. The molecule has 0 heterocycles. The summed E-state index contributed by atoms with van der Waals surface area (Å²) in [5, 5.41) is 1.77. The monoisotopic (exact) mass is 378 g/mol. The molecule has 0 radical (unpaired) electrons. The first-order valence-electron chi connectivity index (χ1n) is 6.45. The van der Waals surface area contributed by atoms with Gasteiger partial charge in [0.1, 0.15) is 0 Å². The fourth-order valence-electron chi connectivity index (χ4n) is 1.48. The van der Waals surface area contributed by atoms with Gasteiger partial charge >= 0.3 is 12.1 Å². The molecule has 0 unspecified atom stereocenters. The van der Waals surface area contributed by atoms with Crippen LogP contribution >= 0.6 is 11.6 Å². The van der Waals surface area contributed by atoms with Crippen LogP contribution in [0.4, 0.5) is 4.79 Å². The third-order valence-corrected chi connectivity index (χ3v) is 4.54. The molecule has 1 aromatic rings. The van der Waals surface area contributed by atoms with Crippen LogP contribution in [0.3, 0.4) is 0 Å². The number of carbonyl (C=O) groups is 3. The average molecular weight is 379 g/mol. The van der Waals surface area contributed by atoms with Crippen molar-refractivity contribution in [1.82, 2.24) is 10.0 Å². The summed E-state index contributed by atoms with van der Waals surface area (Å²) in [4.78, 5) is 34.4. The molecular weight excluding hydrogens is 364 g/mol. The van der Waals surface area contributed by atoms with Crippen LogP contribution in [0.15, 0.2) is 23.1 Å². The van der Waals surface area contributed by atoms with Crippen molar-refractivity contribution in [2.75, 3.05) is 14.2 Å². The van der Waals surface area contributed by atoms with Gasteiger partial charge in [-0.25, -0.2) is 22.7 Å². The molecule has 1 aromatic carbocycles. The van der Waals surface area contributed by atoms with Gasteiger partial charge in [-0.1, -0.05) is 11.6 Å². The molecule has 0 aliphatic rings. The number of sulfonamides is 1. The highest BCUT2D eigenvalue weighted by Gasteiger charge is 2.24. The van der Waals surface area contributed by atoms with Crippen LogP contribution < -0.4 is 10.0 Å². The number of alkyl carbamates (subject to hydrolysis) is 1. The van der Waals surface area contributed by atoms with E-state index in [0.29, 0.717) is 0 Å². The lowest BCUT2D eigenvalue weighted by molar-refractivity contribution is -0.128. The van der Waals surface area contributed by atoms with Crippen molar-refractivity contribution < 1.29 is 32.3 Å². The molecule has 9 nitrogen and oxygen atoms in total. The number of halogens is 1. The number of hydrogen-bond donors (Lipinski definition) is 2. The molecule has 0 aromatic heterocycles. The Morgan fingerprint density at radius 2 is 1.88 bits per heavy atom. The van der Waals surface area contributed by atoms with Crippen LogP contribution in [-0.2, 0) is 24.3 Å². The molecule has 2 N–H and O–H groups in total. The lowest BCUT2D eigenvalue weighted by Crippen LogP contribution is -2.39. The molecule has 0 saturated carbocycles. The molecule has 1 rings (SSSR count). The summed E-state index contributed by atoms with van der Waals surface area (Å²) < 4.78 is 34.7. The first-order chi connectivity index (χ1) is 11.1. The minimum atomic E-state index is -3.79. The van der Waals surface area contributed by atoms with Crippen molar-refractivity contribution in [3.63, 3.8) is 0 Å². The molecule has 1 atom stereocenters. The highest BCUT2D eigenvalue weighted by atomic mass is 35.5. The zero-order valence-corrected chi connectivity index (χ0v) is 14.5. The molecule has 2 amide bonds. The Kier molecular flexibility index (Phi) is 6.70. The number of amides is 2. The van der Waals surface area contributed by atoms with Gasteiger partial charge in [0.25, 0.3) is 5.91 Å². The van der Waals surface area contributed by atoms with E-state index in [1.165, 1.54) is 26.1 Å². The molecule has 0 aliphatic heterocycles. The molecule has 0 saturated heterocycles. The summed E-state index contributed by atoms with van der Waals surface area (Å²) in [6.45, 7) is 1.22. The summed E-state index contributed by atoms with van der Waals surface area (Å²) in [5.74, 6) is -1.94. The second kappa shape index (κ2) is 8.08. The molecule has 24 heavy (non-hydrogen) atoms. The first-order valence-corrected chi connectivity index (χ1v) is 8.31. The van der Waals surface area contributed by atoms with Gasteiger partial charge in [-0.15, -0.1) is 0 Å². The second-order valence-corrected chi connectivity index (χ2v) is 6.67. The van der Waals surface area contributed by atoms with Crippen LogP contribution in [0, 0.1) is 0 Å². The van der Waals surface area contributed by atoms with Crippen molar-refractivity contribution in [3.8, 4) is 0 Å². The summed E-state index contributed by atoms with van der Waals surface area (Å²) in [6.07, 6.45) is -2.35. The first kappa shape index (κ1) is 19.9. The van der Waals surface area contributed by atoms with E-state index in [1.807, 2.05) is 5.32 Å². The van der Waals surface area contributed by atoms with Gasteiger partial charge in [0, 0.05) is 0 Å². The highest BCUT2D eigenvalue weighted by molar-refractivity contribution is 7.89. The van der Waals surface area contributed by atoms with Gasteiger partial charge in [0.2, 0.25) is 10.0 Å². The quantitative estimate of drug-likeness (QED) is 0.721. The maximum atomic E-state index is 12.1. The molecule has 0 bridgehead atoms. The van der Waals surface area contributed by atoms with Crippen LogP contribution in [-0.4, -0.2) is 46.6 Å². The Morgan fingerprint density at radius 3 is 2.42 bits per heavy atom. The van der Waals surface area contributed by atoms with Gasteiger partial charge in [-0.2, -0.15) is 0 Å². The smallest absolute Gasteiger partial charge is 0.413 e. The molecule has 0 fully saturated rings. The SMILES string of the molecule is CNS(=O)(=O)c1ccc(Cl)c(C(=O)O[C@H](C)C(=O)NC(=O)OC)c1. The van der Waals surface area contributed by atoms with Crippen LogP contribution in [0.2, 0.25) is 5.02 Å². The standard InChI is InChI=1S/C13H15ClN2O7S/c1-7(11(17)16-13(19)22-3)23-12(18)9-6-8(4-5-10(9)14)24(20,21)15-2/h4-7,15H,1-3H3,(H,16,17,19)/t7-/m1/s1. The second-order valence-electron chi connectivity index (χ2n) is 4.38. The van der Waals surface area contributed by atoms with Gasteiger partial charge in [-0.3, -0.25) is 10.1 Å². The number of esters is 1. The Hall–Kier alpha value is -2.17. The predicted molar refractivity (Wildman–Crippen MR) is 83.1 cm³/mol. The molecule has 0 spiro atoms. The Bertz CT molecular complexity index is 764. The van der Waals surface area contributed by atoms with Crippen molar-refractivity contribution in [3.05, 3.63) is 28.8 Å². The van der Waals surface area contributed by atoms with Crippen molar-refractivity contribution in [2.24, 2.45) is 0 Å². The number of carbonyl (C=O) groups excluding carboxylic acids is 3. The number of ether oxygens (including phenoxy) is 2. The lowest BCUT2D eigenvalue weighted by atomic mass is 10.2. The lowest BCUT2D eigenvalue weighted by Gasteiger charge is -2.13. The Balaban J connectivity index is 2.97. The van der Waals surface area contributed by atoms with E-state index in [0.717, 1.165) is 13.2 Å². The Morgan fingerprint density at radius 1 is 1.25 bits per heavy atom. The zero-order valence-electron chi connectivity index (χ0n) is 13.0. The van der Waals surface area contributed by atoms with Gasteiger partial charge < -0.3 is 9.47 Å². The van der Waals surface area contributed by atoms with E-state index in [1.54, 1.807) is 0 Å². The van der Waals surface area contributed by atoms with Gasteiger partial charge in [-0.05, 0) is 32.2 Å². The molecule has 0 aliphatic carbocycles. The summed E-state index contributed by atoms with van der Waals surface area (Å²) >= 11 is 5.86.